The summed E-state index contributed by atoms with van der Waals surface area (Å²) < 4.78 is 11.9. The van der Waals surface area contributed by atoms with E-state index in [1.54, 1.807) is 12.1 Å². The van der Waals surface area contributed by atoms with Crippen molar-refractivity contribution in [3.8, 4) is 11.5 Å². The summed E-state index contributed by atoms with van der Waals surface area (Å²) >= 11 is 0. The van der Waals surface area contributed by atoms with Gasteiger partial charge in [0.15, 0.2) is 11.5 Å². The molecule has 2 saturated heterocycles. The first-order valence-corrected chi connectivity index (χ1v) is 11.7. The molecule has 10 atom stereocenters. The summed E-state index contributed by atoms with van der Waals surface area (Å²) in [5, 5.41) is 61.5. The minimum absolute atomic E-state index is 0.0210. The number of benzene rings is 1. The molecule has 0 saturated carbocycles. The second-order valence-corrected chi connectivity index (χ2v) is 10.1. The van der Waals surface area contributed by atoms with Crippen LogP contribution in [0.4, 0.5) is 0 Å². The lowest BCUT2D eigenvalue weighted by Crippen LogP contribution is -2.55. The third kappa shape index (κ3) is 3.86. The maximum absolute atomic E-state index is 12.5. The number of carbonyl (C=O) groups is 1. The Morgan fingerprint density at radius 3 is 2.47 bits per heavy atom. The monoisotopic (exact) mass is 474 g/mol. The van der Waals surface area contributed by atoms with Crippen LogP contribution in [0, 0.1) is 29.6 Å². The van der Waals surface area contributed by atoms with E-state index in [4.69, 9.17) is 9.47 Å². The Morgan fingerprint density at radius 1 is 0.971 bits per heavy atom. The van der Waals surface area contributed by atoms with Gasteiger partial charge >= 0.3 is 5.97 Å². The maximum atomic E-state index is 12.5. The molecule has 0 radical (unpaired) electrons. The van der Waals surface area contributed by atoms with E-state index in [9.17, 15) is 35.4 Å². The van der Waals surface area contributed by atoms with Gasteiger partial charge in [0.05, 0.1) is 24.7 Å². The molecular weight excluding hydrogens is 444 g/mol. The molecule has 2 fully saturated rings. The van der Waals surface area contributed by atoms with Crippen LogP contribution in [-0.2, 0) is 14.3 Å². The molecule has 2 aliphatic carbocycles. The van der Waals surface area contributed by atoms with Crippen LogP contribution in [0.2, 0.25) is 0 Å². The summed E-state index contributed by atoms with van der Waals surface area (Å²) in [6.45, 7) is 1.96. The Labute approximate surface area is 196 Å². The van der Waals surface area contributed by atoms with E-state index < -0.39 is 48.3 Å². The summed E-state index contributed by atoms with van der Waals surface area (Å²) in [6.07, 6.45) is -0.517. The van der Waals surface area contributed by atoms with Gasteiger partial charge in [-0.05, 0) is 60.4 Å². The molecule has 4 aliphatic rings. The molecule has 9 nitrogen and oxygen atoms in total. The summed E-state index contributed by atoms with van der Waals surface area (Å²) in [6, 6.07) is 4.22. The average Bonchev–Trinajstić information content (AvgIpc) is 2.77. The van der Waals surface area contributed by atoms with Crippen molar-refractivity contribution < 1.29 is 44.9 Å². The second kappa shape index (κ2) is 8.57. The number of esters is 1. The first kappa shape index (κ1) is 23.2. The lowest BCUT2D eigenvalue weighted by Gasteiger charge is -2.52. The van der Waals surface area contributed by atoms with Crippen LogP contribution in [0.1, 0.15) is 37.9 Å². The molecule has 0 amide bonds. The standard InChI is InChI=1S/C25H30O9/c1-10-4-17(28)19(30)6-12(10)13-8-22(32)33-21-9-16(27)14-7-20(31)24(34-25(14)23(13)21)11-2-3-15(26)18(29)5-11/h2-3,5-6,9-10,12-14,16-17,20,23-31H,4,7-8H2,1H3/t10?,12?,13-,14?,16?,17?,20?,23?,24?,25?/m0/s1. The first-order valence-electron chi connectivity index (χ1n) is 11.7. The van der Waals surface area contributed by atoms with Crippen molar-refractivity contribution in [2.24, 2.45) is 29.6 Å². The molecule has 9 heteroatoms. The van der Waals surface area contributed by atoms with Crippen molar-refractivity contribution in [2.75, 3.05) is 0 Å². The number of aliphatic hydroxyl groups excluding tert-OH is 4. The van der Waals surface area contributed by atoms with Gasteiger partial charge in [-0.1, -0.05) is 13.0 Å². The number of aliphatic hydroxyl groups is 4. The molecule has 0 aromatic heterocycles. The molecule has 34 heavy (non-hydrogen) atoms. The van der Waals surface area contributed by atoms with Gasteiger partial charge in [-0.25, -0.2) is 0 Å². The number of phenols is 2. The fraction of sp³-hybridized carbons (Fsp3) is 0.560. The SMILES string of the molecule is CC1CC(O)C(O)=CC1[C@@H]1CC(=O)OC2=CC(O)C3CC(O)C(c4ccc(O)c(O)c4)OC3C21. The predicted octanol–water partition coefficient (Wildman–Crippen LogP) is 1.80. The highest BCUT2D eigenvalue weighted by atomic mass is 16.5. The Morgan fingerprint density at radius 2 is 1.74 bits per heavy atom. The van der Waals surface area contributed by atoms with Crippen LogP contribution in [0.15, 0.2) is 41.9 Å². The highest BCUT2D eigenvalue weighted by Gasteiger charge is 2.54. The van der Waals surface area contributed by atoms with Gasteiger partial charge in [0.25, 0.3) is 0 Å². The fourth-order valence-electron chi connectivity index (χ4n) is 6.24. The number of carbonyl (C=O) groups excluding carboxylic acids is 1. The van der Waals surface area contributed by atoms with E-state index in [2.05, 4.69) is 0 Å². The van der Waals surface area contributed by atoms with Gasteiger partial charge in [-0.3, -0.25) is 4.79 Å². The van der Waals surface area contributed by atoms with Crippen molar-refractivity contribution in [2.45, 2.75) is 56.7 Å². The first-order chi connectivity index (χ1) is 16.1. The molecule has 0 spiro atoms. The molecule has 184 valence electrons. The minimum Gasteiger partial charge on any atom is -0.510 e. The number of fused-ring (bicyclic) bond motifs is 3. The van der Waals surface area contributed by atoms with Crippen LogP contribution >= 0.6 is 0 Å². The van der Waals surface area contributed by atoms with Gasteiger partial charge in [0, 0.05) is 11.8 Å². The van der Waals surface area contributed by atoms with Crippen molar-refractivity contribution in [1.29, 1.82) is 0 Å². The van der Waals surface area contributed by atoms with E-state index in [-0.39, 0.29) is 47.9 Å². The van der Waals surface area contributed by atoms with Crippen molar-refractivity contribution in [3.05, 3.63) is 47.4 Å². The summed E-state index contributed by atoms with van der Waals surface area (Å²) in [5.74, 6) is -2.27. The van der Waals surface area contributed by atoms with E-state index in [0.29, 0.717) is 17.7 Å². The zero-order valence-corrected chi connectivity index (χ0v) is 18.7. The van der Waals surface area contributed by atoms with Gasteiger partial charge in [0.2, 0.25) is 0 Å². The highest BCUT2D eigenvalue weighted by Crippen LogP contribution is 2.52. The number of ether oxygens (including phenoxy) is 2. The highest BCUT2D eigenvalue weighted by molar-refractivity contribution is 5.72. The van der Waals surface area contributed by atoms with Gasteiger partial charge in [-0.2, -0.15) is 0 Å². The molecule has 0 bridgehead atoms. The third-order valence-electron chi connectivity index (χ3n) is 7.92. The second-order valence-electron chi connectivity index (χ2n) is 10.1. The number of hydrogen-bond acceptors (Lipinski definition) is 9. The van der Waals surface area contributed by atoms with Crippen molar-refractivity contribution in [1.82, 2.24) is 0 Å². The van der Waals surface area contributed by atoms with E-state index in [1.165, 1.54) is 18.2 Å². The van der Waals surface area contributed by atoms with Gasteiger partial charge < -0.3 is 40.1 Å². The minimum atomic E-state index is -0.985. The number of rotatable bonds is 2. The molecule has 2 heterocycles. The van der Waals surface area contributed by atoms with Crippen LogP contribution in [0.3, 0.4) is 0 Å². The molecule has 5 rings (SSSR count). The Balaban J connectivity index is 1.52. The quantitative estimate of drug-likeness (QED) is 0.278. The maximum Gasteiger partial charge on any atom is 0.311 e. The Hall–Kier alpha value is -2.59. The summed E-state index contributed by atoms with van der Waals surface area (Å²) in [4.78, 5) is 12.5. The Kier molecular flexibility index (Phi) is 5.84. The molecule has 1 aromatic rings. The molecule has 9 unspecified atom stereocenters. The number of allylic oxidation sites excluding steroid dienone is 1. The van der Waals surface area contributed by atoms with E-state index in [0.717, 1.165) is 0 Å². The molecule has 6 N–H and O–H groups in total. The largest absolute Gasteiger partial charge is 0.510 e. The average molecular weight is 475 g/mol. The van der Waals surface area contributed by atoms with Crippen LogP contribution in [0.5, 0.6) is 11.5 Å². The summed E-state index contributed by atoms with van der Waals surface area (Å²) in [7, 11) is 0. The predicted molar refractivity (Wildman–Crippen MR) is 117 cm³/mol. The smallest absolute Gasteiger partial charge is 0.311 e. The van der Waals surface area contributed by atoms with Crippen molar-refractivity contribution >= 4 is 5.97 Å². The van der Waals surface area contributed by atoms with Crippen LogP contribution < -0.4 is 0 Å². The van der Waals surface area contributed by atoms with Gasteiger partial charge in [-0.15, -0.1) is 0 Å². The zero-order valence-electron chi connectivity index (χ0n) is 18.7. The fourth-order valence-corrected chi connectivity index (χ4v) is 6.24. The zero-order chi connectivity index (χ0) is 24.3. The third-order valence-corrected chi connectivity index (χ3v) is 7.92. The Bertz CT molecular complexity index is 1030. The normalized spacial score (nSPS) is 42.1. The number of phenolic OH excluding ortho intramolecular Hbond substituents is 2. The number of hydrogen-bond donors (Lipinski definition) is 6. The summed E-state index contributed by atoms with van der Waals surface area (Å²) in [5.41, 5.74) is 0.475. The number of aromatic hydroxyl groups is 2. The van der Waals surface area contributed by atoms with Gasteiger partial charge in [0.1, 0.15) is 23.7 Å². The molecule has 1 aromatic carbocycles. The van der Waals surface area contributed by atoms with E-state index >= 15 is 0 Å². The lowest BCUT2D eigenvalue weighted by molar-refractivity contribution is -0.203. The van der Waals surface area contributed by atoms with Crippen LogP contribution in [0.25, 0.3) is 0 Å². The lowest BCUT2D eigenvalue weighted by atomic mass is 9.62. The topological polar surface area (TPSA) is 157 Å². The van der Waals surface area contributed by atoms with Crippen LogP contribution in [-0.4, -0.2) is 61.0 Å². The van der Waals surface area contributed by atoms with E-state index in [1.807, 2.05) is 6.92 Å². The molecule has 2 aliphatic heterocycles. The van der Waals surface area contributed by atoms with Crippen molar-refractivity contribution in [3.63, 3.8) is 0 Å². The molecular formula is C25H30O9.